The van der Waals surface area contributed by atoms with Gasteiger partial charge >= 0.3 is 0 Å². The molecule has 0 bridgehead atoms. The van der Waals surface area contributed by atoms with Gasteiger partial charge in [0.15, 0.2) is 0 Å². The first kappa shape index (κ1) is 19.6. The molecule has 1 aromatic rings. The number of amides is 1. The minimum Gasteiger partial charge on any atom is -0.340 e. The van der Waals surface area contributed by atoms with E-state index in [-0.39, 0.29) is 5.91 Å². The Bertz CT molecular complexity index is 556. The highest BCUT2D eigenvalue weighted by Gasteiger charge is 2.25. The van der Waals surface area contributed by atoms with E-state index in [1.807, 2.05) is 17.0 Å². The van der Waals surface area contributed by atoms with Crippen LogP contribution in [0.1, 0.15) is 51.5 Å². The Balaban J connectivity index is 1.79. The topological polar surface area (TPSA) is 23.6 Å². The van der Waals surface area contributed by atoms with Crippen LogP contribution in [0, 0.1) is 0 Å². The average molecular weight is 371 g/mol. The van der Waals surface area contributed by atoms with E-state index in [0.29, 0.717) is 22.0 Å². The van der Waals surface area contributed by atoms with Crippen LogP contribution in [0.3, 0.4) is 0 Å². The van der Waals surface area contributed by atoms with Crippen molar-refractivity contribution in [2.45, 2.75) is 52.0 Å². The van der Waals surface area contributed by atoms with Gasteiger partial charge in [-0.25, -0.2) is 0 Å². The van der Waals surface area contributed by atoms with E-state index in [2.05, 4.69) is 24.8 Å². The van der Waals surface area contributed by atoms with Crippen molar-refractivity contribution in [2.75, 3.05) is 26.2 Å². The Morgan fingerprint density at radius 1 is 1.29 bits per heavy atom. The molecule has 1 saturated heterocycles. The summed E-state index contributed by atoms with van der Waals surface area (Å²) in [5.41, 5.74) is 1.24. The minimum absolute atomic E-state index is 0.198. The highest BCUT2D eigenvalue weighted by atomic mass is 35.5. The van der Waals surface area contributed by atoms with Crippen LogP contribution in [0.4, 0.5) is 0 Å². The predicted octanol–water partition coefficient (Wildman–Crippen LogP) is 4.82. The lowest BCUT2D eigenvalue weighted by atomic mass is 9.96. The third kappa shape index (κ3) is 5.11. The fraction of sp³-hybridized carbons (Fsp3) is 0.632. The molecule has 0 aromatic heterocycles. The summed E-state index contributed by atoms with van der Waals surface area (Å²) in [5.74, 6) is 0.658. The largest absolute Gasteiger partial charge is 0.340 e. The van der Waals surface area contributed by atoms with Crippen LogP contribution in [0.5, 0.6) is 0 Å². The molecule has 1 aromatic carbocycles. The molecule has 3 nitrogen and oxygen atoms in total. The molecule has 1 aliphatic heterocycles. The van der Waals surface area contributed by atoms with Crippen molar-refractivity contribution < 1.29 is 4.79 Å². The van der Waals surface area contributed by atoms with Crippen molar-refractivity contribution in [3.8, 4) is 0 Å². The number of halogens is 2. The first-order chi connectivity index (χ1) is 11.4. The van der Waals surface area contributed by atoms with Gasteiger partial charge in [-0.3, -0.25) is 4.79 Å². The second-order valence-electron chi connectivity index (χ2n) is 6.74. The molecule has 134 valence electrons. The summed E-state index contributed by atoms with van der Waals surface area (Å²) in [5, 5.41) is 1.24. The van der Waals surface area contributed by atoms with Crippen molar-refractivity contribution in [1.29, 1.82) is 0 Å². The van der Waals surface area contributed by atoms with Crippen molar-refractivity contribution >= 4 is 29.1 Å². The number of carbonyl (C=O) groups excluding carboxylic acids is 1. The third-order valence-corrected chi connectivity index (χ3v) is 5.87. The van der Waals surface area contributed by atoms with Gasteiger partial charge in [-0.2, -0.15) is 0 Å². The maximum absolute atomic E-state index is 11.7. The summed E-state index contributed by atoms with van der Waals surface area (Å²) in [6.07, 6.45) is 3.26. The van der Waals surface area contributed by atoms with Crippen LogP contribution >= 0.6 is 23.2 Å². The second kappa shape index (κ2) is 9.07. The Morgan fingerprint density at radius 2 is 1.96 bits per heavy atom. The van der Waals surface area contributed by atoms with Gasteiger partial charge in [0.05, 0.1) is 10.0 Å². The summed E-state index contributed by atoms with van der Waals surface area (Å²) < 4.78 is 0. The number of benzene rings is 1. The quantitative estimate of drug-likeness (QED) is 0.716. The predicted molar refractivity (Wildman–Crippen MR) is 102 cm³/mol. The molecule has 1 aliphatic rings. The van der Waals surface area contributed by atoms with Crippen molar-refractivity contribution in [1.82, 2.24) is 9.80 Å². The molecule has 1 unspecified atom stereocenters. The van der Waals surface area contributed by atoms with Crippen LogP contribution in [0.15, 0.2) is 18.2 Å². The highest BCUT2D eigenvalue weighted by molar-refractivity contribution is 6.42. The first-order valence-electron chi connectivity index (χ1n) is 8.86. The smallest absolute Gasteiger partial charge is 0.219 e. The molecular weight excluding hydrogens is 343 g/mol. The molecular formula is C19H28Cl2N2O. The maximum atomic E-state index is 11.7. The molecule has 0 saturated carbocycles. The zero-order valence-electron chi connectivity index (χ0n) is 14.9. The summed E-state index contributed by atoms with van der Waals surface area (Å²) in [6, 6.07) is 6.34. The van der Waals surface area contributed by atoms with Gasteiger partial charge in [0.2, 0.25) is 5.91 Å². The Kier molecular flexibility index (Phi) is 7.39. The molecule has 0 radical (unpaired) electrons. The molecule has 1 atom stereocenters. The molecule has 1 fully saturated rings. The van der Waals surface area contributed by atoms with Gasteiger partial charge in [0, 0.05) is 32.6 Å². The lowest BCUT2D eigenvalue weighted by molar-refractivity contribution is -0.131. The van der Waals surface area contributed by atoms with Crippen LogP contribution in [0.2, 0.25) is 10.0 Å². The summed E-state index contributed by atoms with van der Waals surface area (Å²) in [6.45, 7) is 10.0. The summed E-state index contributed by atoms with van der Waals surface area (Å²) in [4.78, 5) is 16.2. The normalized spacial score (nSPS) is 17.7. The standard InChI is InChI=1S/C19H28Cl2N2O/c1-4-23(15(3)24)17-8-11-22(12-9-17)10-7-14(2)16-5-6-18(20)19(21)13-16/h5-6,13-14,17H,4,7-12H2,1-3H3. The number of hydrogen-bond donors (Lipinski definition) is 0. The monoisotopic (exact) mass is 370 g/mol. The lowest BCUT2D eigenvalue weighted by Crippen LogP contribution is -2.46. The van der Waals surface area contributed by atoms with Crippen LogP contribution in [0.25, 0.3) is 0 Å². The maximum Gasteiger partial charge on any atom is 0.219 e. The first-order valence-corrected chi connectivity index (χ1v) is 9.62. The van der Waals surface area contributed by atoms with Crippen LogP contribution in [-0.4, -0.2) is 47.9 Å². The summed E-state index contributed by atoms with van der Waals surface area (Å²) in [7, 11) is 0. The molecule has 5 heteroatoms. The molecule has 1 heterocycles. The van der Waals surface area contributed by atoms with E-state index >= 15 is 0 Å². The zero-order valence-corrected chi connectivity index (χ0v) is 16.4. The van der Waals surface area contributed by atoms with Crippen molar-refractivity contribution in [3.63, 3.8) is 0 Å². The van der Waals surface area contributed by atoms with E-state index in [9.17, 15) is 4.79 Å². The minimum atomic E-state index is 0.198. The highest BCUT2D eigenvalue weighted by Crippen LogP contribution is 2.28. The number of rotatable bonds is 6. The van der Waals surface area contributed by atoms with Gasteiger partial charge in [-0.05, 0) is 56.3 Å². The number of likely N-dealkylation sites (tertiary alicyclic amines) is 1. The van der Waals surface area contributed by atoms with Gasteiger partial charge in [-0.15, -0.1) is 0 Å². The van der Waals surface area contributed by atoms with E-state index in [0.717, 1.165) is 45.4 Å². The molecule has 2 rings (SSSR count). The van der Waals surface area contributed by atoms with Gasteiger partial charge < -0.3 is 9.80 Å². The molecule has 0 spiro atoms. The fourth-order valence-corrected chi connectivity index (χ4v) is 3.86. The number of nitrogens with zero attached hydrogens (tertiary/aromatic N) is 2. The average Bonchev–Trinajstić information content (AvgIpc) is 2.56. The number of hydrogen-bond acceptors (Lipinski definition) is 2. The molecule has 0 aliphatic carbocycles. The van der Waals surface area contributed by atoms with Crippen LogP contribution < -0.4 is 0 Å². The van der Waals surface area contributed by atoms with E-state index in [1.54, 1.807) is 6.92 Å². The van der Waals surface area contributed by atoms with E-state index < -0.39 is 0 Å². The van der Waals surface area contributed by atoms with E-state index in [1.165, 1.54) is 5.56 Å². The van der Waals surface area contributed by atoms with Crippen molar-refractivity contribution in [2.24, 2.45) is 0 Å². The summed E-state index contributed by atoms with van der Waals surface area (Å²) >= 11 is 12.1. The van der Waals surface area contributed by atoms with Crippen molar-refractivity contribution in [3.05, 3.63) is 33.8 Å². The Hall–Kier alpha value is -0.770. The Morgan fingerprint density at radius 3 is 2.50 bits per heavy atom. The molecule has 0 N–H and O–H groups in total. The fourth-order valence-electron chi connectivity index (χ4n) is 3.55. The second-order valence-corrected chi connectivity index (χ2v) is 7.56. The lowest BCUT2D eigenvalue weighted by Gasteiger charge is -2.38. The Labute approximate surface area is 155 Å². The molecule has 24 heavy (non-hydrogen) atoms. The van der Waals surface area contributed by atoms with Crippen LogP contribution in [-0.2, 0) is 4.79 Å². The number of carbonyl (C=O) groups is 1. The van der Waals surface area contributed by atoms with Gasteiger partial charge in [0.25, 0.3) is 0 Å². The zero-order chi connectivity index (χ0) is 17.7. The third-order valence-electron chi connectivity index (χ3n) is 5.13. The number of piperidine rings is 1. The SMILES string of the molecule is CCN(C(C)=O)C1CCN(CCC(C)c2ccc(Cl)c(Cl)c2)CC1. The molecule has 1 amide bonds. The van der Waals surface area contributed by atoms with Gasteiger partial charge in [-0.1, -0.05) is 36.2 Å². The van der Waals surface area contributed by atoms with E-state index in [4.69, 9.17) is 23.2 Å². The van der Waals surface area contributed by atoms with Gasteiger partial charge in [0.1, 0.15) is 0 Å².